The van der Waals surface area contributed by atoms with Crippen LogP contribution < -0.4 is 10.2 Å². The Balaban J connectivity index is 2.00. The summed E-state index contributed by atoms with van der Waals surface area (Å²) in [4.78, 5) is 31.7. The second-order valence-electron chi connectivity index (χ2n) is 5.75. The number of pyridine rings is 1. The van der Waals surface area contributed by atoms with E-state index in [1.54, 1.807) is 15.9 Å². The van der Waals surface area contributed by atoms with Crippen molar-refractivity contribution in [1.29, 1.82) is 0 Å². The van der Waals surface area contributed by atoms with Crippen molar-refractivity contribution in [3.63, 3.8) is 0 Å². The Morgan fingerprint density at radius 1 is 1.50 bits per heavy atom. The molecule has 6 nitrogen and oxygen atoms in total. The number of halogens is 1. The second kappa shape index (κ2) is 6.96. The minimum atomic E-state index is -0.216. The standard InChI is InChI=1S/C15H21ClN4O2/c1-10(9-20-6-4-5-14(20)21)17-15(22)11-7-12(16)18-13(8-11)19(2)3/h7-8,10H,4-6,9H2,1-3H3,(H,17,22). The van der Waals surface area contributed by atoms with Crippen LogP contribution in [0.3, 0.4) is 0 Å². The lowest BCUT2D eigenvalue weighted by atomic mass is 10.2. The number of rotatable bonds is 5. The van der Waals surface area contributed by atoms with Gasteiger partial charge in [0, 0.05) is 45.2 Å². The summed E-state index contributed by atoms with van der Waals surface area (Å²) in [5.74, 6) is 0.564. The third-order valence-electron chi connectivity index (χ3n) is 3.54. The average molecular weight is 325 g/mol. The van der Waals surface area contributed by atoms with Crippen molar-refractivity contribution >= 4 is 29.2 Å². The minimum absolute atomic E-state index is 0.121. The van der Waals surface area contributed by atoms with Crippen LogP contribution in [0, 0.1) is 0 Å². The van der Waals surface area contributed by atoms with Gasteiger partial charge >= 0.3 is 0 Å². The number of nitrogens with zero attached hydrogens (tertiary/aromatic N) is 3. The van der Waals surface area contributed by atoms with Crippen molar-refractivity contribution in [2.45, 2.75) is 25.8 Å². The van der Waals surface area contributed by atoms with E-state index in [-0.39, 0.29) is 23.0 Å². The zero-order valence-corrected chi connectivity index (χ0v) is 13.9. The highest BCUT2D eigenvalue weighted by molar-refractivity contribution is 6.29. The molecule has 1 fully saturated rings. The first-order chi connectivity index (χ1) is 10.4. The Morgan fingerprint density at radius 2 is 2.23 bits per heavy atom. The largest absolute Gasteiger partial charge is 0.363 e. The maximum absolute atomic E-state index is 12.3. The highest BCUT2D eigenvalue weighted by Gasteiger charge is 2.22. The van der Waals surface area contributed by atoms with E-state index in [1.807, 2.05) is 21.0 Å². The molecule has 2 heterocycles. The lowest BCUT2D eigenvalue weighted by Crippen LogP contribution is -2.42. The molecular weight excluding hydrogens is 304 g/mol. The molecule has 0 spiro atoms. The number of aromatic nitrogens is 1. The number of carbonyl (C=O) groups excluding carboxylic acids is 2. The van der Waals surface area contributed by atoms with Gasteiger partial charge in [-0.2, -0.15) is 0 Å². The van der Waals surface area contributed by atoms with Gasteiger partial charge in [-0.15, -0.1) is 0 Å². The molecular formula is C15H21ClN4O2. The fourth-order valence-corrected chi connectivity index (χ4v) is 2.63. The fraction of sp³-hybridized carbons (Fsp3) is 0.533. The van der Waals surface area contributed by atoms with Crippen LogP contribution in [0.25, 0.3) is 0 Å². The quantitative estimate of drug-likeness (QED) is 0.834. The van der Waals surface area contributed by atoms with Crippen molar-refractivity contribution in [3.8, 4) is 0 Å². The summed E-state index contributed by atoms with van der Waals surface area (Å²) < 4.78 is 0. The lowest BCUT2D eigenvalue weighted by Gasteiger charge is -2.22. The van der Waals surface area contributed by atoms with Gasteiger partial charge in [-0.25, -0.2) is 4.98 Å². The van der Waals surface area contributed by atoms with Crippen LogP contribution >= 0.6 is 11.6 Å². The Labute approximate surface area is 135 Å². The average Bonchev–Trinajstić information content (AvgIpc) is 2.83. The Bertz CT molecular complexity index is 577. The van der Waals surface area contributed by atoms with Gasteiger partial charge in [0.2, 0.25) is 5.91 Å². The third-order valence-corrected chi connectivity index (χ3v) is 3.74. The monoisotopic (exact) mass is 324 g/mol. The van der Waals surface area contributed by atoms with Gasteiger partial charge in [0.15, 0.2) is 0 Å². The van der Waals surface area contributed by atoms with Gasteiger partial charge in [0.05, 0.1) is 0 Å². The molecule has 1 atom stereocenters. The van der Waals surface area contributed by atoms with E-state index in [1.165, 1.54) is 6.07 Å². The Hall–Kier alpha value is -1.82. The maximum Gasteiger partial charge on any atom is 0.251 e. The van der Waals surface area contributed by atoms with E-state index >= 15 is 0 Å². The predicted molar refractivity (Wildman–Crippen MR) is 86.3 cm³/mol. The smallest absolute Gasteiger partial charge is 0.251 e. The third kappa shape index (κ3) is 4.10. The molecule has 0 bridgehead atoms. The van der Waals surface area contributed by atoms with E-state index in [4.69, 9.17) is 11.6 Å². The van der Waals surface area contributed by atoms with Gasteiger partial charge in [0.25, 0.3) is 5.91 Å². The first-order valence-electron chi connectivity index (χ1n) is 7.30. The van der Waals surface area contributed by atoms with E-state index in [2.05, 4.69) is 10.3 Å². The van der Waals surface area contributed by atoms with Gasteiger partial charge in [0.1, 0.15) is 11.0 Å². The number of hydrogen-bond acceptors (Lipinski definition) is 4. The molecule has 0 aliphatic carbocycles. The lowest BCUT2D eigenvalue weighted by molar-refractivity contribution is -0.127. The molecule has 0 radical (unpaired) electrons. The van der Waals surface area contributed by atoms with Crippen LogP contribution in [0.4, 0.5) is 5.82 Å². The van der Waals surface area contributed by atoms with Crippen LogP contribution in [-0.2, 0) is 4.79 Å². The van der Waals surface area contributed by atoms with E-state index in [0.29, 0.717) is 24.3 Å². The normalized spacial score (nSPS) is 15.8. The van der Waals surface area contributed by atoms with Gasteiger partial charge < -0.3 is 15.1 Å². The van der Waals surface area contributed by atoms with Crippen molar-refractivity contribution in [2.75, 3.05) is 32.1 Å². The first kappa shape index (κ1) is 16.5. The summed E-state index contributed by atoms with van der Waals surface area (Å²) in [5, 5.41) is 3.18. The van der Waals surface area contributed by atoms with Crippen molar-refractivity contribution < 1.29 is 9.59 Å². The minimum Gasteiger partial charge on any atom is -0.363 e. The van der Waals surface area contributed by atoms with Crippen LogP contribution in [-0.4, -0.2) is 54.9 Å². The zero-order chi connectivity index (χ0) is 16.3. The number of carbonyl (C=O) groups is 2. The van der Waals surface area contributed by atoms with Gasteiger partial charge in [-0.1, -0.05) is 11.6 Å². The Morgan fingerprint density at radius 3 is 2.82 bits per heavy atom. The number of nitrogens with one attached hydrogen (secondary N) is 1. The summed E-state index contributed by atoms with van der Waals surface area (Å²) in [6, 6.07) is 3.11. The Kier molecular flexibility index (Phi) is 5.24. The molecule has 120 valence electrons. The molecule has 1 aliphatic rings. The fourth-order valence-electron chi connectivity index (χ4n) is 2.42. The first-order valence-corrected chi connectivity index (χ1v) is 7.68. The molecule has 0 saturated carbocycles. The van der Waals surface area contributed by atoms with Gasteiger partial charge in [-0.3, -0.25) is 9.59 Å². The van der Waals surface area contributed by atoms with E-state index < -0.39 is 0 Å². The summed E-state index contributed by atoms with van der Waals surface area (Å²) in [6.45, 7) is 3.19. The molecule has 7 heteroatoms. The van der Waals surface area contributed by atoms with Crippen molar-refractivity contribution in [2.24, 2.45) is 0 Å². The summed E-state index contributed by atoms with van der Waals surface area (Å²) >= 11 is 5.96. The molecule has 1 N–H and O–H groups in total. The van der Waals surface area contributed by atoms with Gasteiger partial charge in [-0.05, 0) is 25.5 Å². The molecule has 1 aromatic rings. The highest BCUT2D eigenvalue weighted by atomic mass is 35.5. The number of amides is 2. The molecule has 1 aromatic heterocycles. The molecule has 1 aliphatic heterocycles. The van der Waals surface area contributed by atoms with Crippen molar-refractivity contribution in [3.05, 3.63) is 22.8 Å². The topological polar surface area (TPSA) is 65.5 Å². The summed E-state index contributed by atoms with van der Waals surface area (Å²) in [6.07, 6.45) is 1.50. The van der Waals surface area contributed by atoms with Crippen LogP contribution in [0.2, 0.25) is 5.15 Å². The number of likely N-dealkylation sites (tertiary alicyclic amines) is 1. The predicted octanol–water partition coefficient (Wildman–Crippen LogP) is 1.54. The second-order valence-corrected chi connectivity index (χ2v) is 6.14. The highest BCUT2D eigenvalue weighted by Crippen LogP contribution is 2.17. The van der Waals surface area contributed by atoms with Crippen LogP contribution in [0.15, 0.2) is 12.1 Å². The number of anilines is 1. The van der Waals surface area contributed by atoms with E-state index in [9.17, 15) is 9.59 Å². The molecule has 0 aromatic carbocycles. The summed E-state index contributed by atoms with van der Waals surface area (Å²) in [7, 11) is 3.67. The van der Waals surface area contributed by atoms with E-state index in [0.717, 1.165) is 13.0 Å². The molecule has 1 saturated heterocycles. The summed E-state index contributed by atoms with van der Waals surface area (Å²) in [5.41, 5.74) is 0.461. The van der Waals surface area contributed by atoms with Crippen LogP contribution in [0.5, 0.6) is 0 Å². The maximum atomic E-state index is 12.3. The molecule has 1 unspecified atom stereocenters. The zero-order valence-electron chi connectivity index (χ0n) is 13.1. The SMILES string of the molecule is CC(CN1CCCC1=O)NC(=O)c1cc(Cl)nc(N(C)C)c1. The molecule has 22 heavy (non-hydrogen) atoms. The molecule has 2 amide bonds. The number of hydrogen-bond donors (Lipinski definition) is 1. The van der Waals surface area contributed by atoms with Crippen molar-refractivity contribution in [1.82, 2.24) is 15.2 Å². The molecule has 2 rings (SSSR count). The van der Waals surface area contributed by atoms with Crippen LogP contribution in [0.1, 0.15) is 30.1 Å².